The van der Waals surface area contributed by atoms with E-state index in [1.54, 1.807) is 46.1 Å². The molecule has 0 bridgehead atoms. The van der Waals surface area contributed by atoms with Crippen LogP contribution in [0.25, 0.3) is 9.88 Å². The number of hydrogen-bond acceptors (Lipinski definition) is 8. The van der Waals surface area contributed by atoms with Crippen LogP contribution in [-0.2, 0) is 24.1 Å². The highest BCUT2D eigenvalue weighted by Gasteiger charge is 2.19. The molecular weight excluding hydrogens is 519 g/mol. The third-order valence-electron chi connectivity index (χ3n) is 5.17. The van der Waals surface area contributed by atoms with Gasteiger partial charge in [-0.3, -0.25) is 9.27 Å². The van der Waals surface area contributed by atoms with E-state index in [-0.39, 0.29) is 6.04 Å². The summed E-state index contributed by atoms with van der Waals surface area (Å²) in [6.07, 6.45) is 1.41. The van der Waals surface area contributed by atoms with Crippen LogP contribution in [0, 0.1) is 0 Å². The molecule has 0 amide bonds. The van der Waals surface area contributed by atoms with Gasteiger partial charge in [0.05, 0.1) is 16.6 Å². The molecule has 2 aromatic carbocycles. The number of hydrogen-bond donors (Lipinski definition) is 3. The Morgan fingerprint density at radius 3 is 2.51 bits per heavy atom. The van der Waals surface area contributed by atoms with Crippen molar-refractivity contribution < 1.29 is 8.76 Å². The van der Waals surface area contributed by atoms with Crippen LogP contribution in [0.5, 0.6) is 0 Å². The molecule has 3 N–H and O–H groups in total. The summed E-state index contributed by atoms with van der Waals surface area (Å²) in [6.45, 7) is 0. The van der Waals surface area contributed by atoms with Crippen LogP contribution >= 0.6 is 34.0 Å². The van der Waals surface area contributed by atoms with Crippen molar-refractivity contribution in [2.45, 2.75) is 18.9 Å². The van der Waals surface area contributed by atoms with E-state index in [9.17, 15) is 4.21 Å². The van der Waals surface area contributed by atoms with Crippen LogP contribution in [0.3, 0.4) is 0 Å². The van der Waals surface area contributed by atoms with Gasteiger partial charge in [0.1, 0.15) is 10.0 Å². The smallest absolute Gasteiger partial charge is 0.259 e. The van der Waals surface area contributed by atoms with Crippen molar-refractivity contribution in [3.05, 3.63) is 99.3 Å². The van der Waals surface area contributed by atoms with Crippen molar-refractivity contribution in [3.63, 3.8) is 0 Å². The third kappa shape index (κ3) is 6.38. The van der Waals surface area contributed by atoms with E-state index < -0.39 is 11.3 Å². The summed E-state index contributed by atoms with van der Waals surface area (Å²) < 4.78 is 22.5. The lowest BCUT2D eigenvalue weighted by molar-refractivity contribution is 0.570. The van der Waals surface area contributed by atoms with Crippen LogP contribution in [0.4, 0.5) is 10.8 Å². The average Bonchev–Trinajstić information content (AvgIpc) is 3.62. The lowest BCUT2D eigenvalue weighted by Gasteiger charge is -2.16. The number of anilines is 2. The van der Waals surface area contributed by atoms with Crippen LogP contribution in [0.1, 0.15) is 27.9 Å². The van der Waals surface area contributed by atoms with Gasteiger partial charge >= 0.3 is 0 Å². The molecule has 0 spiro atoms. The highest BCUT2D eigenvalue weighted by Crippen LogP contribution is 2.33. The van der Waals surface area contributed by atoms with E-state index in [0.29, 0.717) is 12.1 Å². The molecule has 3 aromatic heterocycles. The molecule has 0 fully saturated rings. The van der Waals surface area contributed by atoms with Gasteiger partial charge in [-0.2, -0.15) is 0 Å². The maximum Gasteiger partial charge on any atom is 0.259 e. The van der Waals surface area contributed by atoms with Gasteiger partial charge in [0, 0.05) is 17.5 Å². The Morgan fingerprint density at radius 1 is 0.943 bits per heavy atom. The number of nitrogens with one attached hydrogen (secondary N) is 2. The van der Waals surface area contributed by atoms with Crippen molar-refractivity contribution in [2.75, 3.05) is 10.0 Å². The van der Waals surface area contributed by atoms with Gasteiger partial charge in [0.25, 0.3) is 11.3 Å². The van der Waals surface area contributed by atoms with Crippen molar-refractivity contribution in [1.82, 2.24) is 15.2 Å². The van der Waals surface area contributed by atoms with Gasteiger partial charge < -0.3 is 5.32 Å². The van der Waals surface area contributed by atoms with E-state index in [1.165, 1.54) is 5.56 Å². The highest BCUT2D eigenvalue weighted by atomic mass is 32.2. The zero-order chi connectivity index (χ0) is 24.0. The Labute approximate surface area is 217 Å². The fourth-order valence-electron chi connectivity index (χ4n) is 3.54. The highest BCUT2D eigenvalue weighted by molar-refractivity contribution is 7.80. The SMILES string of the molecule is O=S(O)Nc1ccc(C[C@H](Nc2nnc(Cc3ccccc3)s2)c2csc(-c3cccs3)n2)cc1. The molecule has 0 saturated carbocycles. The molecule has 3 heterocycles. The largest absolute Gasteiger partial charge is 0.351 e. The maximum atomic E-state index is 11.0. The molecule has 0 saturated heterocycles. The molecule has 1 unspecified atom stereocenters. The normalized spacial score (nSPS) is 12.8. The van der Waals surface area contributed by atoms with Crippen LogP contribution in [0.2, 0.25) is 0 Å². The van der Waals surface area contributed by atoms with Gasteiger partial charge in [-0.15, -0.1) is 32.9 Å². The summed E-state index contributed by atoms with van der Waals surface area (Å²) in [5.41, 5.74) is 3.79. The first-order valence-electron chi connectivity index (χ1n) is 10.7. The molecule has 7 nitrogen and oxygen atoms in total. The van der Waals surface area contributed by atoms with Gasteiger partial charge in [0.2, 0.25) is 5.13 Å². The van der Waals surface area contributed by atoms with Crippen molar-refractivity contribution in [1.29, 1.82) is 0 Å². The molecule has 0 aliphatic carbocycles. The first-order chi connectivity index (χ1) is 17.1. The summed E-state index contributed by atoms with van der Waals surface area (Å²) in [5.74, 6) is 0. The molecular formula is C24H21N5O2S4. The maximum absolute atomic E-state index is 11.0. The molecule has 178 valence electrons. The van der Waals surface area contributed by atoms with E-state index in [1.807, 2.05) is 36.4 Å². The fourth-order valence-corrected chi connectivity index (χ4v) is 6.39. The minimum Gasteiger partial charge on any atom is -0.351 e. The summed E-state index contributed by atoms with van der Waals surface area (Å²) in [5, 5.41) is 19.1. The number of thiazole rings is 1. The average molecular weight is 540 g/mol. The summed E-state index contributed by atoms with van der Waals surface area (Å²) in [7, 11) is 0. The van der Waals surface area contributed by atoms with E-state index in [4.69, 9.17) is 9.54 Å². The third-order valence-corrected chi connectivity index (χ3v) is 8.34. The van der Waals surface area contributed by atoms with E-state index in [2.05, 4.69) is 49.2 Å². The predicted molar refractivity (Wildman–Crippen MR) is 145 cm³/mol. The first kappa shape index (κ1) is 23.8. The van der Waals surface area contributed by atoms with Crippen molar-refractivity contribution >= 4 is 56.1 Å². The summed E-state index contributed by atoms with van der Waals surface area (Å²) in [4.78, 5) is 6.06. The van der Waals surface area contributed by atoms with Crippen LogP contribution < -0.4 is 10.0 Å². The minimum atomic E-state index is -2.10. The Balaban J connectivity index is 1.36. The number of nitrogens with zero attached hydrogens (tertiary/aromatic N) is 3. The Hall–Kier alpha value is -2.96. The Kier molecular flexibility index (Phi) is 7.60. The van der Waals surface area contributed by atoms with Gasteiger partial charge in [0.15, 0.2) is 0 Å². The monoisotopic (exact) mass is 539 g/mol. The Morgan fingerprint density at radius 2 is 1.77 bits per heavy atom. The van der Waals surface area contributed by atoms with Gasteiger partial charge in [-0.25, -0.2) is 9.19 Å². The summed E-state index contributed by atoms with van der Waals surface area (Å²) >= 11 is 2.75. The van der Waals surface area contributed by atoms with Crippen molar-refractivity contribution in [3.8, 4) is 9.88 Å². The quantitative estimate of drug-likeness (QED) is 0.181. The number of benzene rings is 2. The second kappa shape index (κ2) is 11.2. The molecule has 5 rings (SSSR count). The lowest BCUT2D eigenvalue weighted by Crippen LogP contribution is -2.14. The van der Waals surface area contributed by atoms with E-state index >= 15 is 0 Å². The second-order valence-corrected chi connectivity index (χ2v) is 11.2. The zero-order valence-electron chi connectivity index (χ0n) is 18.3. The summed E-state index contributed by atoms with van der Waals surface area (Å²) in [6, 6.07) is 21.7. The van der Waals surface area contributed by atoms with E-state index in [0.717, 1.165) is 37.7 Å². The fraction of sp³-hybridized carbons (Fsp3) is 0.125. The minimum absolute atomic E-state index is 0.108. The van der Waals surface area contributed by atoms with Gasteiger partial charge in [-0.1, -0.05) is 59.9 Å². The number of aromatic nitrogens is 3. The van der Waals surface area contributed by atoms with Gasteiger partial charge in [-0.05, 0) is 41.1 Å². The lowest BCUT2D eigenvalue weighted by atomic mass is 10.0. The Bertz CT molecular complexity index is 1390. The molecule has 11 heteroatoms. The predicted octanol–water partition coefficient (Wildman–Crippen LogP) is 6.26. The second-order valence-electron chi connectivity index (χ2n) is 7.67. The standard InChI is InChI=1S/C24H21N5O2S4/c30-35(31)29-18-10-8-17(9-11-18)13-19(20-15-33-23(25-20)21-7-4-12-32-21)26-24-28-27-22(34-24)14-16-5-2-1-3-6-16/h1-12,15,19,29H,13-14H2,(H,26,28)(H,30,31)/t19-/m0/s1. The first-order valence-corrected chi connectivity index (χ1v) is 14.4. The molecule has 0 radical (unpaired) electrons. The molecule has 0 aliphatic heterocycles. The molecule has 5 aromatic rings. The zero-order valence-corrected chi connectivity index (χ0v) is 21.6. The molecule has 0 aliphatic rings. The van der Waals surface area contributed by atoms with Crippen LogP contribution in [0.15, 0.2) is 77.5 Å². The number of rotatable bonds is 10. The molecule has 2 atom stereocenters. The topological polar surface area (TPSA) is 100 Å². The molecule has 35 heavy (non-hydrogen) atoms. The van der Waals surface area contributed by atoms with Crippen molar-refractivity contribution in [2.24, 2.45) is 0 Å². The number of thiophene rings is 1. The van der Waals surface area contributed by atoms with Crippen LogP contribution in [-0.4, -0.2) is 23.9 Å².